The first-order valence-corrected chi connectivity index (χ1v) is 5.24. The molecule has 1 aromatic carbocycles. The van der Waals surface area contributed by atoms with E-state index in [0.29, 0.717) is 15.9 Å². The normalized spacial score (nSPS) is 11.0. The van der Waals surface area contributed by atoms with Gasteiger partial charge in [0, 0.05) is 11.1 Å². The minimum absolute atomic E-state index is 0.0540. The Morgan fingerprint density at radius 2 is 1.80 bits per heavy atom. The Labute approximate surface area is 101 Å². The van der Waals surface area contributed by atoms with E-state index >= 15 is 0 Å². The van der Waals surface area contributed by atoms with Gasteiger partial charge >= 0.3 is 0 Å². The Hall–Kier alpha value is -0.570. The van der Waals surface area contributed by atoms with Crippen molar-refractivity contribution in [1.29, 1.82) is 0 Å². The first kappa shape index (κ1) is 10.9. The minimum Gasteiger partial charge on any atom is -0.253 e. The third kappa shape index (κ3) is 1.78. The second-order valence-corrected chi connectivity index (χ2v) is 4.32. The van der Waals surface area contributed by atoms with E-state index in [1.54, 1.807) is 13.0 Å². The number of hydrogen-bond acceptors (Lipinski definition) is 1. The second-order valence-electron chi connectivity index (χ2n) is 3.13. The van der Waals surface area contributed by atoms with Crippen molar-refractivity contribution in [2.75, 3.05) is 0 Å². The first-order chi connectivity index (χ1) is 7.00. The summed E-state index contributed by atoms with van der Waals surface area (Å²) in [7, 11) is 0. The van der Waals surface area contributed by atoms with Gasteiger partial charge in [-0.3, -0.25) is 4.98 Å². The number of hydrogen-bond donors (Lipinski definition) is 0. The monoisotopic (exact) mass is 263 g/mol. The van der Waals surface area contributed by atoms with E-state index in [9.17, 15) is 4.39 Å². The van der Waals surface area contributed by atoms with Crippen LogP contribution >= 0.6 is 34.8 Å². The first-order valence-electron chi connectivity index (χ1n) is 4.11. The summed E-state index contributed by atoms with van der Waals surface area (Å²) in [5, 5.41) is 0.626. The average molecular weight is 265 g/mol. The van der Waals surface area contributed by atoms with Gasteiger partial charge in [0.05, 0.1) is 20.6 Å². The van der Waals surface area contributed by atoms with Crippen LogP contribution in [0.2, 0.25) is 15.1 Å². The fourth-order valence-electron chi connectivity index (χ4n) is 1.38. The molecule has 0 bridgehead atoms. The lowest BCUT2D eigenvalue weighted by Crippen LogP contribution is -1.89. The molecule has 1 nitrogen and oxygen atoms in total. The highest BCUT2D eigenvalue weighted by Gasteiger charge is 2.14. The van der Waals surface area contributed by atoms with Crippen molar-refractivity contribution >= 4 is 45.7 Å². The highest BCUT2D eigenvalue weighted by atomic mass is 35.5. The third-order valence-electron chi connectivity index (χ3n) is 2.01. The molecule has 0 saturated carbocycles. The van der Waals surface area contributed by atoms with E-state index < -0.39 is 5.82 Å². The van der Waals surface area contributed by atoms with Crippen LogP contribution in [0.3, 0.4) is 0 Å². The van der Waals surface area contributed by atoms with E-state index in [1.165, 1.54) is 6.07 Å². The van der Waals surface area contributed by atoms with Crippen LogP contribution in [-0.4, -0.2) is 4.98 Å². The zero-order valence-corrected chi connectivity index (χ0v) is 9.88. The summed E-state index contributed by atoms with van der Waals surface area (Å²) < 4.78 is 13.4. The molecule has 1 aromatic heterocycles. The molecular weight excluding hydrogens is 259 g/mol. The molecule has 0 unspecified atom stereocenters. The van der Waals surface area contributed by atoms with Crippen molar-refractivity contribution in [3.8, 4) is 0 Å². The minimum atomic E-state index is -0.668. The van der Waals surface area contributed by atoms with E-state index in [0.717, 1.165) is 5.69 Å². The molecule has 1 heterocycles. The molecule has 2 aromatic rings. The number of halogens is 4. The molecule has 15 heavy (non-hydrogen) atoms. The lowest BCUT2D eigenvalue weighted by atomic mass is 10.2. The molecule has 0 aliphatic rings. The summed E-state index contributed by atoms with van der Waals surface area (Å²) in [6.07, 6.45) is 0. The van der Waals surface area contributed by atoms with Gasteiger partial charge in [-0.05, 0) is 19.1 Å². The quantitative estimate of drug-likeness (QED) is 0.632. The Morgan fingerprint density at radius 3 is 2.47 bits per heavy atom. The highest BCUT2D eigenvalue weighted by Crippen LogP contribution is 2.35. The van der Waals surface area contributed by atoms with Crippen molar-refractivity contribution in [3.05, 3.63) is 38.7 Å². The van der Waals surface area contributed by atoms with Crippen molar-refractivity contribution in [3.63, 3.8) is 0 Å². The fourth-order valence-corrected chi connectivity index (χ4v) is 2.32. The Morgan fingerprint density at radius 1 is 1.13 bits per heavy atom. The molecule has 0 aliphatic carbocycles. The molecule has 2 rings (SSSR count). The van der Waals surface area contributed by atoms with Gasteiger partial charge in [-0.1, -0.05) is 34.8 Å². The summed E-state index contributed by atoms with van der Waals surface area (Å²) in [6.45, 7) is 1.79. The molecule has 78 valence electrons. The van der Waals surface area contributed by atoms with Crippen LogP contribution in [0.4, 0.5) is 4.39 Å². The number of fused-ring (bicyclic) bond motifs is 1. The van der Waals surface area contributed by atoms with Gasteiger partial charge in [0.25, 0.3) is 0 Å². The molecule has 0 saturated heterocycles. The molecule has 0 radical (unpaired) electrons. The van der Waals surface area contributed by atoms with Crippen molar-refractivity contribution < 1.29 is 4.39 Å². The maximum Gasteiger partial charge on any atom is 0.161 e. The van der Waals surface area contributed by atoms with Crippen molar-refractivity contribution in [2.24, 2.45) is 0 Å². The van der Waals surface area contributed by atoms with Crippen LogP contribution in [0.25, 0.3) is 10.9 Å². The Kier molecular flexibility index (Phi) is 2.75. The number of aryl methyl sites for hydroxylation is 1. The molecule has 0 fully saturated rings. The fraction of sp³-hybridized carbons (Fsp3) is 0.100. The average Bonchev–Trinajstić information content (AvgIpc) is 2.13. The predicted molar refractivity (Wildman–Crippen MR) is 61.5 cm³/mol. The van der Waals surface area contributed by atoms with Gasteiger partial charge in [0.1, 0.15) is 0 Å². The van der Waals surface area contributed by atoms with Crippen molar-refractivity contribution in [2.45, 2.75) is 6.92 Å². The number of nitrogens with zero attached hydrogens (tertiary/aromatic N) is 1. The highest BCUT2D eigenvalue weighted by molar-refractivity contribution is 6.43. The number of benzene rings is 1. The standard InChI is InChI=1S/C10H5Cl3FN/c1-4-2-5(11)8-7(15-4)3-6(12)10(14)9(8)13/h2-3H,1H3. The Balaban J connectivity index is 2.99. The summed E-state index contributed by atoms with van der Waals surface area (Å²) in [6, 6.07) is 3.04. The smallest absolute Gasteiger partial charge is 0.161 e. The van der Waals surface area contributed by atoms with Crippen LogP contribution in [0.1, 0.15) is 5.69 Å². The van der Waals surface area contributed by atoms with Crippen LogP contribution < -0.4 is 0 Å². The molecule has 5 heteroatoms. The summed E-state index contributed by atoms with van der Waals surface area (Å²) >= 11 is 17.4. The maximum atomic E-state index is 13.4. The summed E-state index contributed by atoms with van der Waals surface area (Å²) in [4.78, 5) is 4.18. The van der Waals surface area contributed by atoms with E-state index in [1.807, 2.05) is 0 Å². The molecule has 0 N–H and O–H groups in total. The van der Waals surface area contributed by atoms with Gasteiger partial charge in [0.2, 0.25) is 0 Å². The lowest BCUT2D eigenvalue weighted by Gasteiger charge is -2.06. The van der Waals surface area contributed by atoms with Crippen LogP contribution in [-0.2, 0) is 0 Å². The van der Waals surface area contributed by atoms with Crippen molar-refractivity contribution in [1.82, 2.24) is 4.98 Å². The lowest BCUT2D eigenvalue weighted by molar-refractivity contribution is 0.630. The molecule has 0 spiro atoms. The summed E-state index contributed by atoms with van der Waals surface area (Å²) in [5.41, 5.74) is 1.22. The van der Waals surface area contributed by atoms with Crippen LogP contribution in [0, 0.1) is 12.7 Å². The number of pyridine rings is 1. The second kappa shape index (κ2) is 3.78. The predicted octanol–water partition coefficient (Wildman–Crippen LogP) is 4.64. The van der Waals surface area contributed by atoms with Gasteiger partial charge in [0.15, 0.2) is 5.82 Å². The molecule has 0 atom stereocenters. The van der Waals surface area contributed by atoms with Crippen LogP contribution in [0.5, 0.6) is 0 Å². The topological polar surface area (TPSA) is 12.9 Å². The largest absolute Gasteiger partial charge is 0.253 e. The molecular formula is C10H5Cl3FN. The van der Waals surface area contributed by atoms with Gasteiger partial charge < -0.3 is 0 Å². The molecule has 0 amide bonds. The number of aromatic nitrogens is 1. The van der Waals surface area contributed by atoms with Crippen LogP contribution in [0.15, 0.2) is 12.1 Å². The molecule has 0 aliphatic heterocycles. The van der Waals surface area contributed by atoms with Gasteiger partial charge in [-0.15, -0.1) is 0 Å². The number of rotatable bonds is 0. The van der Waals surface area contributed by atoms with E-state index in [2.05, 4.69) is 4.98 Å². The van der Waals surface area contributed by atoms with E-state index in [4.69, 9.17) is 34.8 Å². The zero-order chi connectivity index (χ0) is 11.2. The van der Waals surface area contributed by atoms with Gasteiger partial charge in [-0.2, -0.15) is 0 Å². The summed E-state index contributed by atoms with van der Waals surface area (Å²) in [5.74, 6) is -0.668. The zero-order valence-electron chi connectivity index (χ0n) is 7.61. The van der Waals surface area contributed by atoms with Gasteiger partial charge in [-0.25, -0.2) is 4.39 Å². The SMILES string of the molecule is Cc1cc(Cl)c2c(Cl)c(F)c(Cl)cc2n1. The van der Waals surface area contributed by atoms with E-state index in [-0.39, 0.29) is 10.0 Å². The third-order valence-corrected chi connectivity index (χ3v) is 2.94. The maximum absolute atomic E-state index is 13.4. The Bertz CT molecular complexity index is 554.